The lowest BCUT2D eigenvalue weighted by Gasteiger charge is -2.23. The summed E-state index contributed by atoms with van der Waals surface area (Å²) in [7, 11) is 0. The molecule has 1 aliphatic rings. The first-order valence-corrected chi connectivity index (χ1v) is 7.93. The third-order valence-corrected chi connectivity index (χ3v) is 4.41. The van der Waals surface area contributed by atoms with Crippen LogP contribution in [0.2, 0.25) is 5.02 Å². The molecule has 2 rings (SSSR count). The van der Waals surface area contributed by atoms with Crippen LogP contribution in [0.5, 0.6) is 0 Å². The zero-order valence-corrected chi connectivity index (χ0v) is 14.0. The van der Waals surface area contributed by atoms with Gasteiger partial charge in [-0.3, -0.25) is 4.79 Å². The van der Waals surface area contributed by atoms with Gasteiger partial charge in [-0.05, 0) is 60.6 Å². The van der Waals surface area contributed by atoms with Gasteiger partial charge in [-0.1, -0.05) is 11.6 Å². The molecule has 1 fully saturated rings. The number of esters is 1. The van der Waals surface area contributed by atoms with Crippen LogP contribution in [0, 0.1) is 3.57 Å². The number of carbonyl (C=O) groups is 2. The van der Waals surface area contributed by atoms with Crippen LogP contribution in [0.15, 0.2) is 18.2 Å². The Bertz CT molecular complexity index is 535. The maximum Gasteiger partial charge on any atom is 0.328 e. The minimum atomic E-state index is -0.475. The number of carbonyl (C=O) groups excluding carboxylic acids is 2. The van der Waals surface area contributed by atoms with E-state index in [4.69, 9.17) is 16.3 Å². The lowest BCUT2D eigenvalue weighted by Crippen LogP contribution is -2.41. The Kier molecular flexibility index (Phi) is 5.26. The van der Waals surface area contributed by atoms with Crippen LogP contribution < -0.4 is 0 Å². The second-order valence-electron chi connectivity index (χ2n) is 4.53. The predicted octanol–water partition coefficient (Wildman–Crippen LogP) is 3.11. The highest BCUT2D eigenvalue weighted by molar-refractivity contribution is 14.1. The fraction of sp³-hybridized carbons (Fsp3) is 0.429. The Morgan fingerprint density at radius 2 is 2.25 bits per heavy atom. The van der Waals surface area contributed by atoms with Crippen molar-refractivity contribution in [2.45, 2.75) is 25.8 Å². The molecule has 0 N–H and O–H groups in total. The second kappa shape index (κ2) is 6.76. The summed E-state index contributed by atoms with van der Waals surface area (Å²) in [5.74, 6) is -0.483. The third kappa shape index (κ3) is 3.25. The minimum Gasteiger partial charge on any atom is -0.464 e. The summed E-state index contributed by atoms with van der Waals surface area (Å²) in [5, 5.41) is 0.514. The summed E-state index contributed by atoms with van der Waals surface area (Å²) in [6, 6.07) is 4.71. The molecule has 0 aromatic heterocycles. The van der Waals surface area contributed by atoms with Crippen LogP contribution >= 0.6 is 34.2 Å². The average molecular weight is 408 g/mol. The van der Waals surface area contributed by atoms with Gasteiger partial charge in [-0.2, -0.15) is 0 Å². The van der Waals surface area contributed by atoms with Crippen molar-refractivity contribution in [3.63, 3.8) is 0 Å². The van der Waals surface area contributed by atoms with Crippen LogP contribution in [0.4, 0.5) is 0 Å². The number of likely N-dealkylation sites (tertiary alicyclic amines) is 1. The molecule has 1 heterocycles. The Morgan fingerprint density at radius 1 is 1.50 bits per heavy atom. The van der Waals surface area contributed by atoms with E-state index in [1.807, 2.05) is 0 Å². The van der Waals surface area contributed by atoms with Gasteiger partial charge in [0.25, 0.3) is 5.91 Å². The monoisotopic (exact) mass is 407 g/mol. The molecule has 1 unspecified atom stereocenters. The van der Waals surface area contributed by atoms with Crippen LogP contribution in [0.3, 0.4) is 0 Å². The van der Waals surface area contributed by atoms with Gasteiger partial charge in [0.1, 0.15) is 6.04 Å². The lowest BCUT2D eigenvalue weighted by molar-refractivity contribution is -0.147. The topological polar surface area (TPSA) is 46.6 Å². The first-order chi connectivity index (χ1) is 9.54. The number of hydrogen-bond donors (Lipinski definition) is 0. The Hall–Kier alpha value is -0.820. The summed E-state index contributed by atoms with van der Waals surface area (Å²) in [6.07, 6.45) is 1.47. The van der Waals surface area contributed by atoms with Crippen molar-refractivity contribution in [3.8, 4) is 0 Å². The van der Waals surface area contributed by atoms with Crippen LogP contribution in [0.25, 0.3) is 0 Å². The van der Waals surface area contributed by atoms with E-state index in [1.165, 1.54) is 0 Å². The highest BCUT2D eigenvalue weighted by Gasteiger charge is 2.36. The first kappa shape index (κ1) is 15.6. The molecule has 6 heteroatoms. The maximum absolute atomic E-state index is 12.6. The molecule has 1 aromatic rings. The van der Waals surface area contributed by atoms with E-state index in [-0.39, 0.29) is 11.9 Å². The fourth-order valence-electron chi connectivity index (χ4n) is 2.31. The molecule has 0 spiro atoms. The van der Waals surface area contributed by atoms with Gasteiger partial charge in [0.05, 0.1) is 12.2 Å². The largest absolute Gasteiger partial charge is 0.464 e. The van der Waals surface area contributed by atoms with Crippen molar-refractivity contribution in [3.05, 3.63) is 32.4 Å². The number of halogens is 2. The van der Waals surface area contributed by atoms with E-state index in [0.29, 0.717) is 30.2 Å². The van der Waals surface area contributed by atoms with Crippen molar-refractivity contribution >= 4 is 46.1 Å². The molecule has 1 amide bonds. The lowest BCUT2D eigenvalue weighted by atomic mass is 10.1. The average Bonchev–Trinajstić information content (AvgIpc) is 2.90. The van der Waals surface area contributed by atoms with Crippen molar-refractivity contribution in [2.75, 3.05) is 13.2 Å². The molecular weight excluding hydrogens is 393 g/mol. The van der Waals surface area contributed by atoms with E-state index < -0.39 is 6.04 Å². The van der Waals surface area contributed by atoms with E-state index in [9.17, 15) is 9.59 Å². The minimum absolute atomic E-state index is 0.160. The second-order valence-corrected chi connectivity index (χ2v) is 6.13. The standard InChI is InChI=1S/C14H15ClINO3/c1-2-20-14(19)12-4-3-7-17(12)13(18)10-8-9(15)5-6-11(10)16/h5-6,8,12H,2-4,7H2,1H3. The Morgan fingerprint density at radius 3 is 2.95 bits per heavy atom. The van der Waals surface area contributed by atoms with Crippen LogP contribution in [-0.4, -0.2) is 36.0 Å². The van der Waals surface area contributed by atoms with Gasteiger partial charge in [-0.15, -0.1) is 0 Å². The van der Waals surface area contributed by atoms with E-state index in [0.717, 1.165) is 9.99 Å². The highest BCUT2D eigenvalue weighted by atomic mass is 127. The van der Waals surface area contributed by atoms with Crippen LogP contribution in [0.1, 0.15) is 30.1 Å². The molecule has 0 radical (unpaired) electrons. The summed E-state index contributed by atoms with van der Waals surface area (Å²) in [4.78, 5) is 26.1. The highest BCUT2D eigenvalue weighted by Crippen LogP contribution is 2.25. The van der Waals surface area contributed by atoms with E-state index in [1.54, 1.807) is 30.0 Å². The fourth-order valence-corrected chi connectivity index (χ4v) is 3.05. The molecule has 1 aliphatic heterocycles. The number of benzene rings is 1. The molecule has 1 atom stereocenters. The Labute approximate surface area is 136 Å². The van der Waals surface area contributed by atoms with Crippen molar-refractivity contribution in [1.29, 1.82) is 0 Å². The predicted molar refractivity (Wildman–Crippen MR) is 84.9 cm³/mol. The maximum atomic E-state index is 12.6. The molecule has 0 saturated carbocycles. The molecule has 108 valence electrons. The third-order valence-electron chi connectivity index (χ3n) is 3.23. The summed E-state index contributed by atoms with van der Waals surface area (Å²) in [6.45, 7) is 2.66. The van der Waals surface area contributed by atoms with Gasteiger partial charge >= 0.3 is 5.97 Å². The van der Waals surface area contributed by atoms with Crippen molar-refractivity contribution in [1.82, 2.24) is 4.90 Å². The zero-order valence-electron chi connectivity index (χ0n) is 11.1. The number of rotatable bonds is 3. The number of nitrogens with zero attached hydrogens (tertiary/aromatic N) is 1. The zero-order chi connectivity index (χ0) is 14.7. The van der Waals surface area contributed by atoms with Gasteiger partial charge in [0.2, 0.25) is 0 Å². The van der Waals surface area contributed by atoms with E-state index in [2.05, 4.69) is 22.6 Å². The quantitative estimate of drug-likeness (QED) is 0.571. The van der Waals surface area contributed by atoms with Crippen molar-refractivity contribution in [2.24, 2.45) is 0 Å². The molecule has 0 bridgehead atoms. The van der Waals surface area contributed by atoms with Gasteiger partial charge in [0, 0.05) is 15.1 Å². The SMILES string of the molecule is CCOC(=O)C1CCCN1C(=O)c1cc(Cl)ccc1I. The normalized spacial score (nSPS) is 18.1. The molecule has 20 heavy (non-hydrogen) atoms. The van der Waals surface area contributed by atoms with Crippen LogP contribution in [-0.2, 0) is 9.53 Å². The van der Waals surface area contributed by atoms with Crippen molar-refractivity contribution < 1.29 is 14.3 Å². The number of hydrogen-bond acceptors (Lipinski definition) is 3. The Balaban J connectivity index is 2.23. The molecule has 1 aromatic carbocycles. The molecule has 0 aliphatic carbocycles. The van der Waals surface area contributed by atoms with E-state index >= 15 is 0 Å². The van der Waals surface area contributed by atoms with Gasteiger partial charge in [0.15, 0.2) is 0 Å². The van der Waals surface area contributed by atoms with Gasteiger partial charge in [-0.25, -0.2) is 4.79 Å². The summed E-state index contributed by atoms with van der Waals surface area (Å²) < 4.78 is 5.86. The molecule has 4 nitrogen and oxygen atoms in total. The smallest absolute Gasteiger partial charge is 0.328 e. The van der Waals surface area contributed by atoms with Gasteiger partial charge < -0.3 is 9.64 Å². The number of amides is 1. The first-order valence-electron chi connectivity index (χ1n) is 6.47. The number of ether oxygens (including phenoxy) is 1. The summed E-state index contributed by atoms with van der Waals surface area (Å²) in [5.41, 5.74) is 0.536. The molecular formula is C14H15ClINO3. The molecule has 1 saturated heterocycles. The summed E-state index contributed by atoms with van der Waals surface area (Å²) >= 11 is 8.05.